The highest BCUT2D eigenvalue weighted by Gasteiger charge is 2.16. The highest BCUT2D eigenvalue weighted by molar-refractivity contribution is 5.94. The number of carbonyl (C=O) groups excluding carboxylic acids is 2. The molecule has 0 aliphatic carbocycles. The van der Waals surface area contributed by atoms with E-state index in [1.165, 1.54) is 12.7 Å². The lowest BCUT2D eigenvalue weighted by atomic mass is 10.1. The Hall–Kier alpha value is -2.82. The largest absolute Gasteiger partial charge is 0.481 e. The first-order valence-electron chi connectivity index (χ1n) is 7.78. The fourth-order valence-electron chi connectivity index (χ4n) is 2.14. The van der Waals surface area contributed by atoms with Crippen LogP contribution in [-0.4, -0.2) is 25.1 Å². The lowest BCUT2D eigenvalue weighted by Gasteiger charge is -2.15. The van der Waals surface area contributed by atoms with Crippen molar-refractivity contribution in [1.82, 2.24) is 0 Å². The number of ether oxygens (including phenoxy) is 2. The van der Waals surface area contributed by atoms with Crippen LogP contribution in [0.25, 0.3) is 0 Å². The van der Waals surface area contributed by atoms with E-state index in [-0.39, 0.29) is 5.91 Å². The predicted molar refractivity (Wildman–Crippen MR) is 92.3 cm³/mol. The van der Waals surface area contributed by atoms with Gasteiger partial charge in [-0.3, -0.25) is 4.79 Å². The summed E-state index contributed by atoms with van der Waals surface area (Å²) in [6, 6.07) is 14.2. The zero-order chi connectivity index (χ0) is 17.5. The Bertz CT molecular complexity index is 710. The third kappa shape index (κ3) is 4.59. The summed E-state index contributed by atoms with van der Waals surface area (Å²) in [6.45, 7) is 3.73. The molecule has 0 bridgehead atoms. The predicted octanol–water partition coefficient (Wildman–Crippen LogP) is 3.44. The molecule has 0 fully saturated rings. The molecule has 126 valence electrons. The molecule has 5 heteroatoms. The van der Waals surface area contributed by atoms with Crippen LogP contribution in [0.2, 0.25) is 0 Å². The Labute approximate surface area is 141 Å². The molecule has 0 aliphatic rings. The van der Waals surface area contributed by atoms with E-state index in [1.807, 2.05) is 24.3 Å². The summed E-state index contributed by atoms with van der Waals surface area (Å²) in [4.78, 5) is 23.7. The SMILES string of the molecule is CCc1ccc(NC(=O)[C@H](C)Oc2cccc(C(=O)OC)c2)cc1. The summed E-state index contributed by atoms with van der Waals surface area (Å²) in [5, 5.41) is 2.81. The molecule has 5 nitrogen and oxygen atoms in total. The topological polar surface area (TPSA) is 64.6 Å². The minimum atomic E-state index is -0.705. The van der Waals surface area contributed by atoms with Crippen LogP contribution in [-0.2, 0) is 16.0 Å². The fourth-order valence-corrected chi connectivity index (χ4v) is 2.14. The molecule has 2 rings (SSSR count). The average Bonchev–Trinajstić information content (AvgIpc) is 2.61. The molecule has 0 spiro atoms. The Morgan fingerprint density at radius 3 is 2.46 bits per heavy atom. The smallest absolute Gasteiger partial charge is 0.337 e. The summed E-state index contributed by atoms with van der Waals surface area (Å²) in [7, 11) is 1.32. The number of esters is 1. The summed E-state index contributed by atoms with van der Waals surface area (Å²) in [5.74, 6) is -0.279. The van der Waals surface area contributed by atoms with Crippen molar-refractivity contribution < 1.29 is 19.1 Å². The van der Waals surface area contributed by atoms with Gasteiger partial charge >= 0.3 is 5.97 Å². The maximum Gasteiger partial charge on any atom is 0.337 e. The average molecular weight is 327 g/mol. The summed E-state index contributed by atoms with van der Waals surface area (Å²) in [6.07, 6.45) is 0.244. The number of aryl methyl sites for hydroxylation is 1. The summed E-state index contributed by atoms with van der Waals surface area (Å²) >= 11 is 0. The van der Waals surface area contributed by atoms with Crippen molar-refractivity contribution in [2.75, 3.05) is 12.4 Å². The van der Waals surface area contributed by atoms with Gasteiger partial charge < -0.3 is 14.8 Å². The molecular formula is C19H21NO4. The van der Waals surface area contributed by atoms with Gasteiger partial charge in [-0.15, -0.1) is 0 Å². The molecule has 0 aliphatic heterocycles. The lowest BCUT2D eigenvalue weighted by Crippen LogP contribution is -2.30. The molecule has 1 N–H and O–H groups in total. The second-order valence-electron chi connectivity index (χ2n) is 5.32. The van der Waals surface area contributed by atoms with Gasteiger partial charge in [-0.25, -0.2) is 4.79 Å². The van der Waals surface area contributed by atoms with Gasteiger partial charge in [0.25, 0.3) is 5.91 Å². The molecule has 2 aromatic carbocycles. The van der Waals surface area contributed by atoms with Gasteiger partial charge in [-0.05, 0) is 49.2 Å². The molecule has 1 atom stereocenters. The van der Waals surface area contributed by atoms with Crippen LogP contribution in [0.3, 0.4) is 0 Å². The van der Waals surface area contributed by atoms with Crippen LogP contribution in [0.15, 0.2) is 48.5 Å². The number of hydrogen-bond acceptors (Lipinski definition) is 4. The summed E-state index contributed by atoms with van der Waals surface area (Å²) < 4.78 is 10.3. The van der Waals surface area contributed by atoms with Crippen molar-refractivity contribution in [2.24, 2.45) is 0 Å². The molecule has 1 amide bonds. The second-order valence-corrected chi connectivity index (χ2v) is 5.32. The zero-order valence-corrected chi connectivity index (χ0v) is 14.0. The molecule has 0 unspecified atom stereocenters. The molecule has 0 radical (unpaired) electrons. The lowest BCUT2D eigenvalue weighted by molar-refractivity contribution is -0.122. The Kier molecular flexibility index (Phi) is 5.95. The van der Waals surface area contributed by atoms with Crippen molar-refractivity contribution in [1.29, 1.82) is 0 Å². The first-order chi connectivity index (χ1) is 11.5. The van der Waals surface area contributed by atoms with Gasteiger partial charge in [0.2, 0.25) is 0 Å². The molecule has 0 saturated heterocycles. The first-order valence-corrected chi connectivity index (χ1v) is 7.78. The monoisotopic (exact) mass is 327 g/mol. The number of hydrogen-bond donors (Lipinski definition) is 1. The van der Waals surface area contributed by atoms with Crippen LogP contribution < -0.4 is 10.1 Å². The van der Waals surface area contributed by atoms with Crippen LogP contribution in [0, 0.1) is 0 Å². The van der Waals surface area contributed by atoms with E-state index in [0.29, 0.717) is 11.3 Å². The number of anilines is 1. The van der Waals surface area contributed by atoms with Gasteiger partial charge in [0.1, 0.15) is 5.75 Å². The third-order valence-corrected chi connectivity index (χ3v) is 3.57. The molecular weight excluding hydrogens is 306 g/mol. The second kappa shape index (κ2) is 8.15. The highest BCUT2D eigenvalue weighted by Crippen LogP contribution is 2.17. The molecule has 24 heavy (non-hydrogen) atoms. The minimum Gasteiger partial charge on any atom is -0.481 e. The number of nitrogens with one attached hydrogen (secondary N) is 1. The minimum absolute atomic E-state index is 0.261. The number of benzene rings is 2. The van der Waals surface area contributed by atoms with Gasteiger partial charge in [-0.1, -0.05) is 25.1 Å². The quantitative estimate of drug-likeness (QED) is 0.826. The third-order valence-electron chi connectivity index (χ3n) is 3.57. The van der Waals surface area contributed by atoms with Gasteiger partial charge in [0.15, 0.2) is 6.10 Å². The normalized spacial score (nSPS) is 11.5. The zero-order valence-electron chi connectivity index (χ0n) is 14.0. The van der Waals surface area contributed by atoms with E-state index in [4.69, 9.17) is 4.74 Å². The van der Waals surface area contributed by atoms with Crippen molar-refractivity contribution >= 4 is 17.6 Å². The van der Waals surface area contributed by atoms with E-state index < -0.39 is 12.1 Å². The highest BCUT2D eigenvalue weighted by atomic mass is 16.5. The fraction of sp³-hybridized carbons (Fsp3) is 0.263. The summed E-state index contributed by atoms with van der Waals surface area (Å²) in [5.41, 5.74) is 2.30. The Morgan fingerprint density at radius 2 is 1.83 bits per heavy atom. The van der Waals surface area contributed by atoms with Crippen molar-refractivity contribution in [3.63, 3.8) is 0 Å². The van der Waals surface area contributed by atoms with E-state index >= 15 is 0 Å². The molecule has 0 aromatic heterocycles. The van der Waals surface area contributed by atoms with Crippen LogP contribution >= 0.6 is 0 Å². The van der Waals surface area contributed by atoms with E-state index in [1.54, 1.807) is 31.2 Å². The van der Waals surface area contributed by atoms with E-state index in [9.17, 15) is 9.59 Å². The number of amides is 1. The van der Waals surface area contributed by atoms with Crippen LogP contribution in [0.5, 0.6) is 5.75 Å². The van der Waals surface area contributed by atoms with Gasteiger partial charge in [-0.2, -0.15) is 0 Å². The van der Waals surface area contributed by atoms with Gasteiger partial charge in [0.05, 0.1) is 12.7 Å². The maximum absolute atomic E-state index is 12.2. The van der Waals surface area contributed by atoms with Gasteiger partial charge in [0, 0.05) is 5.69 Å². The van der Waals surface area contributed by atoms with E-state index in [2.05, 4.69) is 17.0 Å². The van der Waals surface area contributed by atoms with Crippen molar-refractivity contribution in [3.8, 4) is 5.75 Å². The molecule has 0 saturated carbocycles. The van der Waals surface area contributed by atoms with Crippen LogP contribution in [0.1, 0.15) is 29.8 Å². The first kappa shape index (κ1) is 17.5. The molecule has 2 aromatic rings. The Balaban J connectivity index is 1.99. The van der Waals surface area contributed by atoms with Crippen molar-refractivity contribution in [2.45, 2.75) is 26.4 Å². The van der Waals surface area contributed by atoms with E-state index in [0.717, 1.165) is 12.1 Å². The number of methoxy groups -OCH3 is 1. The number of carbonyl (C=O) groups is 2. The maximum atomic E-state index is 12.2. The standard InChI is InChI=1S/C19H21NO4/c1-4-14-8-10-16(11-9-14)20-18(21)13(2)24-17-7-5-6-15(12-17)19(22)23-3/h5-13H,4H2,1-3H3,(H,20,21)/t13-/m0/s1. The van der Waals surface area contributed by atoms with Crippen molar-refractivity contribution in [3.05, 3.63) is 59.7 Å². The molecule has 0 heterocycles. The van der Waals surface area contributed by atoms with Crippen LogP contribution in [0.4, 0.5) is 5.69 Å². The Morgan fingerprint density at radius 1 is 1.12 bits per heavy atom. The number of rotatable bonds is 6.